The molecule has 0 aromatic carbocycles. The number of nitrogens with zero attached hydrogens (tertiary/aromatic N) is 6. The molecule has 206 valence electrons. The Hall–Kier alpha value is -3.39. The number of rotatable bonds is 3. The van der Waals surface area contributed by atoms with Gasteiger partial charge in [0, 0.05) is 63.7 Å². The van der Waals surface area contributed by atoms with Crippen LogP contribution < -0.4 is 15.0 Å². The first-order valence-electron chi connectivity index (χ1n) is 13.9. The number of anilines is 3. The van der Waals surface area contributed by atoms with Crippen molar-refractivity contribution < 1.29 is 14.3 Å². The van der Waals surface area contributed by atoms with Crippen molar-refractivity contribution in [1.29, 1.82) is 0 Å². The van der Waals surface area contributed by atoms with Gasteiger partial charge in [0.1, 0.15) is 12.4 Å². The third-order valence-corrected chi connectivity index (χ3v) is 8.36. The number of morpholine rings is 1. The highest BCUT2D eigenvalue weighted by molar-refractivity contribution is 5.94. The summed E-state index contributed by atoms with van der Waals surface area (Å²) >= 11 is 0. The van der Waals surface area contributed by atoms with Gasteiger partial charge in [0.25, 0.3) is 5.91 Å². The molecule has 0 spiro atoms. The van der Waals surface area contributed by atoms with E-state index in [9.17, 15) is 4.79 Å². The molecule has 0 unspecified atom stereocenters. The third-order valence-electron chi connectivity index (χ3n) is 8.36. The molecule has 2 aromatic rings. The molecule has 2 aromatic heterocycles. The Morgan fingerprint density at radius 2 is 1.97 bits per heavy atom. The van der Waals surface area contributed by atoms with E-state index in [1.165, 1.54) is 0 Å². The second kappa shape index (κ2) is 11.0. The van der Waals surface area contributed by atoms with Gasteiger partial charge in [-0.05, 0) is 45.4 Å². The third kappa shape index (κ3) is 5.14. The fourth-order valence-corrected chi connectivity index (χ4v) is 6.07. The van der Waals surface area contributed by atoms with Crippen LogP contribution in [-0.2, 0) is 16.1 Å². The highest BCUT2D eigenvalue weighted by atomic mass is 16.5. The molecule has 0 bridgehead atoms. The number of hydrogen-bond donors (Lipinski definition) is 1. The largest absolute Gasteiger partial charge is 0.485 e. The lowest BCUT2D eigenvalue weighted by Gasteiger charge is -2.44. The van der Waals surface area contributed by atoms with Crippen LogP contribution in [0.2, 0.25) is 0 Å². The van der Waals surface area contributed by atoms with Gasteiger partial charge in [0.2, 0.25) is 0 Å². The van der Waals surface area contributed by atoms with Crippen molar-refractivity contribution in [3.63, 3.8) is 0 Å². The van der Waals surface area contributed by atoms with Crippen molar-refractivity contribution in [2.45, 2.75) is 39.0 Å². The van der Waals surface area contributed by atoms with Gasteiger partial charge >= 0.3 is 0 Å². The molecule has 1 atom stereocenters. The summed E-state index contributed by atoms with van der Waals surface area (Å²) < 4.78 is 11.9. The number of aryl methyl sites for hydroxylation is 1. The van der Waals surface area contributed by atoms with E-state index >= 15 is 0 Å². The number of likely N-dealkylation sites (N-methyl/N-ethyl adjacent to an activating group) is 1. The number of amides is 1. The maximum absolute atomic E-state index is 12.0. The quantitative estimate of drug-likeness (QED) is 0.599. The number of hydrogen-bond acceptors (Lipinski definition) is 9. The summed E-state index contributed by atoms with van der Waals surface area (Å²) in [6.07, 6.45) is 2.84. The van der Waals surface area contributed by atoms with Crippen LogP contribution in [0.3, 0.4) is 0 Å². The Morgan fingerprint density at radius 1 is 1.15 bits per heavy atom. The summed E-state index contributed by atoms with van der Waals surface area (Å²) in [5.74, 6) is 6.93. The maximum atomic E-state index is 12.0. The number of carbonyl (C=O) groups is 1. The minimum absolute atomic E-state index is 0.0638. The Kier molecular flexibility index (Phi) is 7.30. The highest BCUT2D eigenvalue weighted by Crippen LogP contribution is 2.40. The van der Waals surface area contributed by atoms with Crippen LogP contribution in [0.25, 0.3) is 0 Å². The molecule has 0 saturated carbocycles. The Labute approximate surface area is 230 Å². The topological polar surface area (TPSA) is 86.3 Å². The Morgan fingerprint density at radius 3 is 2.77 bits per heavy atom. The van der Waals surface area contributed by atoms with Gasteiger partial charge in [-0.15, -0.1) is 0 Å². The van der Waals surface area contributed by atoms with Gasteiger partial charge in [-0.25, -0.2) is 4.98 Å². The van der Waals surface area contributed by atoms with Gasteiger partial charge in [-0.3, -0.25) is 19.6 Å². The van der Waals surface area contributed by atoms with Crippen LogP contribution in [0.1, 0.15) is 36.3 Å². The predicted molar refractivity (Wildman–Crippen MR) is 149 cm³/mol. The number of pyridine rings is 2. The zero-order valence-electron chi connectivity index (χ0n) is 23.1. The number of ether oxygens (including phenoxy) is 2. The van der Waals surface area contributed by atoms with Crippen molar-refractivity contribution in [2.75, 3.05) is 76.3 Å². The molecule has 3 fully saturated rings. The highest BCUT2D eigenvalue weighted by Gasteiger charge is 2.36. The monoisotopic (exact) mass is 531 g/mol. The smallest absolute Gasteiger partial charge is 0.298 e. The normalized spacial score (nSPS) is 22.2. The fourth-order valence-electron chi connectivity index (χ4n) is 6.07. The van der Waals surface area contributed by atoms with Crippen molar-refractivity contribution in [3.8, 4) is 17.6 Å². The number of likely N-dealkylation sites (tertiary alicyclic amines) is 1. The number of nitrogens with one attached hydrogen (secondary N) is 1. The summed E-state index contributed by atoms with van der Waals surface area (Å²) in [7, 11) is 2.18. The summed E-state index contributed by atoms with van der Waals surface area (Å²) in [4.78, 5) is 30.9. The van der Waals surface area contributed by atoms with Crippen LogP contribution in [0.15, 0.2) is 18.3 Å². The van der Waals surface area contributed by atoms with Crippen molar-refractivity contribution in [1.82, 2.24) is 24.7 Å². The van der Waals surface area contributed by atoms with E-state index in [0.717, 1.165) is 105 Å². The van der Waals surface area contributed by atoms with E-state index in [1.54, 1.807) is 6.92 Å². The summed E-state index contributed by atoms with van der Waals surface area (Å²) in [6.45, 7) is 11.8. The van der Waals surface area contributed by atoms with Crippen molar-refractivity contribution in [2.24, 2.45) is 0 Å². The molecule has 0 aliphatic carbocycles. The molecular weight excluding hydrogens is 494 g/mol. The average Bonchev–Trinajstić information content (AvgIpc) is 3.22. The molecule has 3 saturated heterocycles. The van der Waals surface area contributed by atoms with Crippen LogP contribution in [-0.4, -0.2) is 103 Å². The first-order chi connectivity index (χ1) is 19.0. The van der Waals surface area contributed by atoms with Crippen molar-refractivity contribution >= 4 is 23.1 Å². The molecule has 6 rings (SSSR count). The minimum Gasteiger partial charge on any atom is -0.485 e. The molecule has 6 heterocycles. The first-order valence-corrected chi connectivity index (χ1v) is 13.9. The molecule has 10 nitrogen and oxygen atoms in total. The summed E-state index contributed by atoms with van der Waals surface area (Å²) in [5.41, 5.74) is 5.06. The molecule has 0 radical (unpaired) electrons. The second-order valence-electron chi connectivity index (χ2n) is 10.7. The average molecular weight is 532 g/mol. The lowest BCUT2D eigenvalue weighted by molar-refractivity contribution is -0.132. The standard InChI is InChI=1S/C29H37N7O3/c1-4-5-27(37)36-17-21(18-36)34-9-7-26(33(3)10-11-34)23-16-24-28(20(2)31-23)39-19-22-25(6-8-30-29(22)32-24)35-12-14-38-15-13-35/h6,8,16,21,26H,7,9-15,17-19H2,1-3H3,(H,30,32)/t26-/m0/s1. The zero-order chi connectivity index (χ0) is 26.9. The molecule has 1 N–H and O–H groups in total. The maximum Gasteiger partial charge on any atom is 0.298 e. The molecule has 4 aliphatic rings. The summed E-state index contributed by atoms with van der Waals surface area (Å²) in [6, 6.07) is 4.81. The summed E-state index contributed by atoms with van der Waals surface area (Å²) in [5, 5.41) is 3.59. The van der Waals surface area contributed by atoms with Crippen molar-refractivity contribution in [3.05, 3.63) is 35.3 Å². The van der Waals surface area contributed by atoms with E-state index < -0.39 is 0 Å². The number of aromatic nitrogens is 2. The van der Waals surface area contributed by atoms with E-state index in [1.807, 2.05) is 18.0 Å². The van der Waals surface area contributed by atoms with Gasteiger partial charge in [0.15, 0.2) is 5.75 Å². The lowest BCUT2D eigenvalue weighted by Crippen LogP contribution is -2.61. The van der Waals surface area contributed by atoms with Gasteiger partial charge in [-0.2, -0.15) is 0 Å². The zero-order valence-corrected chi connectivity index (χ0v) is 23.1. The predicted octanol–water partition coefficient (Wildman–Crippen LogP) is 2.17. The molecule has 10 heteroatoms. The first kappa shape index (κ1) is 25.9. The van der Waals surface area contributed by atoms with Crippen LogP contribution in [0.5, 0.6) is 5.75 Å². The molecule has 4 aliphatic heterocycles. The van der Waals surface area contributed by atoms with Gasteiger partial charge in [-0.1, -0.05) is 5.92 Å². The lowest BCUT2D eigenvalue weighted by atomic mass is 10.0. The van der Waals surface area contributed by atoms with E-state index in [2.05, 4.69) is 56.0 Å². The SMILES string of the molecule is CC#CC(=O)N1CC(N2CC[C@@H](c3cc4c(c(C)n3)OCc3c(N5CCOCC5)ccnc3N4)N(C)CC2)C1. The van der Waals surface area contributed by atoms with E-state index in [0.29, 0.717) is 12.6 Å². The number of fused-ring (bicyclic) bond motifs is 2. The molecular formula is C29H37N7O3. The molecule has 39 heavy (non-hydrogen) atoms. The van der Waals surface area contributed by atoms with Crippen LogP contribution in [0.4, 0.5) is 17.2 Å². The van der Waals surface area contributed by atoms with Gasteiger partial charge in [0.05, 0.1) is 41.9 Å². The second-order valence-corrected chi connectivity index (χ2v) is 10.7. The fraction of sp³-hybridized carbons (Fsp3) is 0.552. The van der Waals surface area contributed by atoms with E-state index in [4.69, 9.17) is 14.5 Å². The Balaban J connectivity index is 1.19. The van der Waals surface area contributed by atoms with Crippen LogP contribution in [0, 0.1) is 18.8 Å². The van der Waals surface area contributed by atoms with Crippen LogP contribution >= 0.6 is 0 Å². The van der Waals surface area contributed by atoms with Gasteiger partial charge < -0.3 is 24.6 Å². The molecule has 1 amide bonds. The van der Waals surface area contributed by atoms with E-state index in [-0.39, 0.29) is 11.9 Å². The minimum atomic E-state index is -0.0638. The Bertz CT molecular complexity index is 1290. The number of carbonyl (C=O) groups excluding carboxylic acids is 1.